The molecular formula is C11H19FN2O4. The summed E-state index contributed by atoms with van der Waals surface area (Å²) in [5, 5.41) is 11.3. The van der Waals surface area contributed by atoms with E-state index in [0.717, 1.165) is 4.90 Å². The van der Waals surface area contributed by atoms with Crippen LogP contribution >= 0.6 is 0 Å². The molecule has 1 fully saturated rings. The standard InChI is InChI=1S/C11H19FN2O4/c1-11(2,3)18-9(15)13-8-4-7(12)5-14(6-8)10(16)17/h7-8H,4-6H2,1-3H3,(H,13,15)(H,16,17)/t7-,8+/m1/s1. The lowest BCUT2D eigenvalue weighted by atomic mass is 10.0. The van der Waals surface area contributed by atoms with Crippen LogP contribution in [0.25, 0.3) is 0 Å². The first-order valence-electron chi connectivity index (χ1n) is 5.79. The lowest BCUT2D eigenvalue weighted by Crippen LogP contribution is -2.53. The zero-order valence-electron chi connectivity index (χ0n) is 10.8. The maximum absolute atomic E-state index is 13.3. The topological polar surface area (TPSA) is 78.9 Å². The van der Waals surface area contributed by atoms with Gasteiger partial charge in [-0.2, -0.15) is 0 Å². The summed E-state index contributed by atoms with van der Waals surface area (Å²) in [7, 11) is 0. The van der Waals surface area contributed by atoms with Crippen molar-refractivity contribution in [2.75, 3.05) is 13.1 Å². The maximum Gasteiger partial charge on any atom is 0.407 e. The third kappa shape index (κ3) is 4.77. The second-order valence-electron chi connectivity index (χ2n) is 5.36. The van der Waals surface area contributed by atoms with Crippen LogP contribution in [-0.4, -0.2) is 53.1 Å². The van der Waals surface area contributed by atoms with Crippen LogP contribution in [0.2, 0.25) is 0 Å². The second-order valence-corrected chi connectivity index (χ2v) is 5.36. The molecule has 2 amide bonds. The van der Waals surface area contributed by atoms with E-state index in [1.54, 1.807) is 20.8 Å². The van der Waals surface area contributed by atoms with Crippen molar-refractivity contribution in [1.29, 1.82) is 0 Å². The van der Waals surface area contributed by atoms with Crippen LogP contribution in [0.1, 0.15) is 27.2 Å². The number of halogens is 1. The quantitative estimate of drug-likeness (QED) is 0.752. The molecule has 18 heavy (non-hydrogen) atoms. The van der Waals surface area contributed by atoms with Gasteiger partial charge in [-0.25, -0.2) is 14.0 Å². The number of amides is 2. The van der Waals surface area contributed by atoms with Crippen molar-refractivity contribution in [3.05, 3.63) is 0 Å². The fraction of sp³-hybridized carbons (Fsp3) is 0.818. The molecule has 1 aliphatic rings. The number of carbonyl (C=O) groups is 2. The minimum Gasteiger partial charge on any atom is -0.465 e. The Morgan fingerprint density at radius 3 is 2.50 bits per heavy atom. The van der Waals surface area contributed by atoms with E-state index < -0.39 is 30.0 Å². The van der Waals surface area contributed by atoms with Gasteiger partial charge in [0, 0.05) is 13.0 Å². The van der Waals surface area contributed by atoms with E-state index in [1.807, 2.05) is 0 Å². The van der Waals surface area contributed by atoms with Crippen LogP contribution in [0.3, 0.4) is 0 Å². The number of carboxylic acid groups (broad SMARTS) is 1. The molecule has 1 heterocycles. The first kappa shape index (κ1) is 14.5. The Balaban J connectivity index is 2.51. The van der Waals surface area contributed by atoms with Crippen molar-refractivity contribution in [2.45, 2.75) is 45.0 Å². The molecule has 104 valence electrons. The van der Waals surface area contributed by atoms with Crippen LogP contribution in [0.4, 0.5) is 14.0 Å². The number of nitrogens with zero attached hydrogens (tertiary/aromatic N) is 1. The van der Waals surface area contributed by atoms with E-state index in [2.05, 4.69) is 5.32 Å². The van der Waals surface area contributed by atoms with Gasteiger partial charge in [-0.3, -0.25) is 0 Å². The van der Waals surface area contributed by atoms with Crippen LogP contribution in [0.15, 0.2) is 0 Å². The van der Waals surface area contributed by atoms with Gasteiger partial charge in [0.05, 0.1) is 12.6 Å². The van der Waals surface area contributed by atoms with Crippen molar-refractivity contribution >= 4 is 12.2 Å². The smallest absolute Gasteiger partial charge is 0.407 e. The monoisotopic (exact) mass is 262 g/mol. The molecule has 2 atom stereocenters. The van der Waals surface area contributed by atoms with Crippen LogP contribution in [0, 0.1) is 0 Å². The van der Waals surface area contributed by atoms with E-state index in [0.29, 0.717) is 0 Å². The molecule has 0 unspecified atom stereocenters. The van der Waals surface area contributed by atoms with Crippen LogP contribution in [-0.2, 0) is 4.74 Å². The molecule has 0 spiro atoms. The number of hydrogen-bond acceptors (Lipinski definition) is 3. The number of hydrogen-bond donors (Lipinski definition) is 2. The maximum atomic E-state index is 13.3. The first-order chi connectivity index (χ1) is 8.17. The molecule has 1 saturated heterocycles. The summed E-state index contributed by atoms with van der Waals surface area (Å²) < 4.78 is 18.4. The largest absolute Gasteiger partial charge is 0.465 e. The summed E-state index contributed by atoms with van der Waals surface area (Å²) in [5.74, 6) is 0. The van der Waals surface area contributed by atoms with E-state index in [4.69, 9.17) is 9.84 Å². The van der Waals surface area contributed by atoms with Gasteiger partial charge in [0.2, 0.25) is 0 Å². The molecule has 0 aromatic carbocycles. The summed E-state index contributed by atoms with van der Waals surface area (Å²) in [6.45, 7) is 5.08. The van der Waals surface area contributed by atoms with Crippen molar-refractivity contribution < 1.29 is 23.8 Å². The summed E-state index contributed by atoms with van der Waals surface area (Å²) in [6, 6.07) is -0.556. The Bertz CT molecular complexity index is 329. The fourth-order valence-electron chi connectivity index (χ4n) is 1.77. The average Bonchev–Trinajstić information content (AvgIpc) is 2.12. The number of rotatable bonds is 1. The second kappa shape index (κ2) is 5.41. The van der Waals surface area contributed by atoms with Gasteiger partial charge in [0.1, 0.15) is 11.8 Å². The van der Waals surface area contributed by atoms with Gasteiger partial charge in [0.25, 0.3) is 0 Å². The third-order valence-corrected chi connectivity index (χ3v) is 2.39. The fourth-order valence-corrected chi connectivity index (χ4v) is 1.77. The number of alkyl carbamates (subject to hydrolysis) is 1. The van der Waals surface area contributed by atoms with Crippen molar-refractivity contribution in [3.63, 3.8) is 0 Å². The lowest BCUT2D eigenvalue weighted by molar-refractivity contribution is 0.0428. The number of piperidine rings is 1. The Morgan fingerprint density at radius 1 is 1.39 bits per heavy atom. The number of alkyl halides is 1. The Labute approximate surface area is 105 Å². The number of ether oxygens (including phenoxy) is 1. The molecular weight excluding hydrogens is 243 g/mol. The normalized spacial score (nSPS) is 24.6. The molecule has 7 heteroatoms. The van der Waals surface area contributed by atoms with Gasteiger partial charge >= 0.3 is 12.2 Å². The molecule has 1 aliphatic heterocycles. The average molecular weight is 262 g/mol. The van der Waals surface area contributed by atoms with Gasteiger partial charge < -0.3 is 20.1 Å². The molecule has 0 radical (unpaired) electrons. The molecule has 0 aliphatic carbocycles. The van der Waals surface area contributed by atoms with Crippen molar-refractivity contribution in [2.24, 2.45) is 0 Å². The minimum absolute atomic E-state index is 0.0784. The molecule has 0 aromatic heterocycles. The SMILES string of the molecule is CC(C)(C)OC(=O)N[C@H]1C[C@@H](F)CN(C(=O)O)C1. The lowest BCUT2D eigenvalue weighted by Gasteiger charge is -2.33. The molecule has 0 aromatic rings. The molecule has 2 N–H and O–H groups in total. The summed E-state index contributed by atoms with van der Waals surface area (Å²) in [4.78, 5) is 23.2. The number of likely N-dealkylation sites (tertiary alicyclic amines) is 1. The highest BCUT2D eigenvalue weighted by molar-refractivity contribution is 5.69. The summed E-state index contributed by atoms with van der Waals surface area (Å²) in [5.41, 5.74) is -0.639. The Morgan fingerprint density at radius 2 is 2.00 bits per heavy atom. The summed E-state index contributed by atoms with van der Waals surface area (Å²) in [6.07, 6.45) is -3.02. The van der Waals surface area contributed by atoms with E-state index >= 15 is 0 Å². The molecule has 6 nitrogen and oxygen atoms in total. The third-order valence-electron chi connectivity index (χ3n) is 2.39. The molecule has 0 bridgehead atoms. The van der Waals surface area contributed by atoms with E-state index in [1.165, 1.54) is 0 Å². The number of carbonyl (C=O) groups excluding carboxylic acids is 1. The zero-order chi connectivity index (χ0) is 13.9. The summed E-state index contributed by atoms with van der Waals surface area (Å²) >= 11 is 0. The number of nitrogens with one attached hydrogen (secondary N) is 1. The molecule has 0 saturated carbocycles. The van der Waals surface area contributed by atoms with Crippen LogP contribution in [0.5, 0.6) is 0 Å². The predicted molar refractivity (Wildman–Crippen MR) is 62.3 cm³/mol. The van der Waals surface area contributed by atoms with Gasteiger partial charge in [-0.05, 0) is 20.8 Å². The highest BCUT2D eigenvalue weighted by Gasteiger charge is 2.31. The predicted octanol–water partition coefficient (Wildman–Crippen LogP) is 1.60. The van der Waals surface area contributed by atoms with Crippen molar-refractivity contribution in [3.8, 4) is 0 Å². The van der Waals surface area contributed by atoms with Crippen molar-refractivity contribution in [1.82, 2.24) is 10.2 Å². The first-order valence-corrected chi connectivity index (χ1v) is 5.79. The highest BCUT2D eigenvalue weighted by atomic mass is 19.1. The zero-order valence-corrected chi connectivity index (χ0v) is 10.8. The van der Waals surface area contributed by atoms with Gasteiger partial charge in [-0.15, -0.1) is 0 Å². The Kier molecular flexibility index (Phi) is 4.37. The molecule has 1 rings (SSSR count). The minimum atomic E-state index is -1.27. The van der Waals surface area contributed by atoms with E-state index in [-0.39, 0.29) is 19.5 Å². The van der Waals surface area contributed by atoms with Gasteiger partial charge in [0.15, 0.2) is 0 Å². The van der Waals surface area contributed by atoms with Gasteiger partial charge in [-0.1, -0.05) is 0 Å². The highest BCUT2D eigenvalue weighted by Crippen LogP contribution is 2.15. The Hall–Kier alpha value is -1.53. The van der Waals surface area contributed by atoms with Crippen LogP contribution < -0.4 is 5.32 Å². The van der Waals surface area contributed by atoms with E-state index in [9.17, 15) is 14.0 Å².